The van der Waals surface area contributed by atoms with Crippen molar-refractivity contribution in [1.29, 1.82) is 0 Å². The highest BCUT2D eigenvalue weighted by molar-refractivity contribution is 5.45. The number of hydrogen-bond donors (Lipinski definition) is 2. The topological polar surface area (TPSA) is 44.7 Å². The summed E-state index contributed by atoms with van der Waals surface area (Å²) in [5.74, 6) is 0.822. The van der Waals surface area contributed by atoms with Crippen LogP contribution in [0.3, 0.4) is 0 Å². The number of methoxy groups -OCH3 is 1. The Labute approximate surface area is 115 Å². The average molecular weight is 264 g/mol. The number of aromatic hydroxyl groups is 1. The molecule has 1 aromatic carbocycles. The second-order valence-corrected chi connectivity index (χ2v) is 5.03. The quantitative estimate of drug-likeness (QED) is 0.853. The molecule has 4 heteroatoms. The predicted molar refractivity (Wildman–Crippen MR) is 76.6 cm³/mol. The Morgan fingerprint density at radius 2 is 2.32 bits per heavy atom. The Morgan fingerprint density at radius 1 is 1.47 bits per heavy atom. The average Bonchev–Trinajstić information content (AvgIpc) is 2.47. The number of hydrogen-bond acceptors (Lipinski definition) is 4. The lowest BCUT2D eigenvalue weighted by atomic mass is 10.0. The third-order valence-electron chi connectivity index (χ3n) is 3.87. The van der Waals surface area contributed by atoms with Crippen LogP contribution in [0.4, 0.5) is 0 Å². The van der Waals surface area contributed by atoms with Crippen LogP contribution in [-0.2, 0) is 6.54 Å². The number of piperidine rings is 1. The number of para-hydroxylation sites is 1. The molecule has 0 spiro atoms. The zero-order chi connectivity index (χ0) is 13.7. The summed E-state index contributed by atoms with van der Waals surface area (Å²) in [5, 5.41) is 13.6. The second kappa shape index (κ2) is 6.78. The van der Waals surface area contributed by atoms with Gasteiger partial charge in [-0.3, -0.25) is 4.90 Å². The number of nitrogens with zero attached hydrogens (tertiary/aromatic N) is 1. The number of benzene rings is 1. The van der Waals surface area contributed by atoms with Gasteiger partial charge in [-0.25, -0.2) is 0 Å². The Balaban J connectivity index is 2.09. The number of phenolic OH excluding ortho intramolecular Hbond substituents is 1. The largest absolute Gasteiger partial charge is 0.504 e. The molecule has 1 saturated heterocycles. The van der Waals surface area contributed by atoms with E-state index >= 15 is 0 Å². The maximum Gasteiger partial charge on any atom is 0.162 e. The van der Waals surface area contributed by atoms with Crippen LogP contribution in [0.25, 0.3) is 0 Å². The van der Waals surface area contributed by atoms with Gasteiger partial charge >= 0.3 is 0 Å². The van der Waals surface area contributed by atoms with Gasteiger partial charge in [0.1, 0.15) is 0 Å². The first-order valence-electron chi connectivity index (χ1n) is 7.05. The molecule has 106 valence electrons. The number of ether oxygens (including phenoxy) is 1. The smallest absolute Gasteiger partial charge is 0.162 e. The monoisotopic (exact) mass is 264 g/mol. The van der Waals surface area contributed by atoms with Gasteiger partial charge in [0, 0.05) is 24.7 Å². The molecule has 1 unspecified atom stereocenters. The minimum Gasteiger partial charge on any atom is -0.504 e. The van der Waals surface area contributed by atoms with Crippen LogP contribution in [-0.4, -0.2) is 42.8 Å². The molecule has 1 aromatic rings. The fraction of sp³-hybridized carbons (Fsp3) is 0.600. The first-order valence-corrected chi connectivity index (χ1v) is 7.05. The van der Waals surface area contributed by atoms with Crippen molar-refractivity contribution in [2.75, 3.05) is 26.7 Å². The van der Waals surface area contributed by atoms with E-state index in [1.807, 2.05) is 12.1 Å². The van der Waals surface area contributed by atoms with Crippen molar-refractivity contribution in [3.05, 3.63) is 23.8 Å². The fourth-order valence-electron chi connectivity index (χ4n) is 2.72. The molecule has 19 heavy (non-hydrogen) atoms. The summed E-state index contributed by atoms with van der Waals surface area (Å²) < 4.78 is 5.17. The molecular formula is C15H24N2O2. The lowest BCUT2D eigenvalue weighted by Gasteiger charge is -2.34. The second-order valence-electron chi connectivity index (χ2n) is 5.03. The van der Waals surface area contributed by atoms with Crippen LogP contribution in [0.1, 0.15) is 25.3 Å². The maximum atomic E-state index is 10.2. The number of phenols is 1. The van der Waals surface area contributed by atoms with Gasteiger partial charge in [-0.1, -0.05) is 19.1 Å². The van der Waals surface area contributed by atoms with Crippen molar-refractivity contribution in [1.82, 2.24) is 10.2 Å². The molecule has 0 amide bonds. The lowest BCUT2D eigenvalue weighted by molar-refractivity contribution is 0.164. The Bertz CT molecular complexity index is 403. The zero-order valence-corrected chi connectivity index (χ0v) is 11.9. The van der Waals surface area contributed by atoms with E-state index in [1.165, 1.54) is 12.8 Å². The highest BCUT2D eigenvalue weighted by Gasteiger charge is 2.21. The molecule has 2 N–H and O–H groups in total. The molecule has 1 aliphatic heterocycles. The van der Waals surface area contributed by atoms with Crippen LogP contribution in [0.15, 0.2) is 18.2 Å². The minimum absolute atomic E-state index is 0.271. The highest BCUT2D eigenvalue weighted by Crippen LogP contribution is 2.30. The zero-order valence-electron chi connectivity index (χ0n) is 11.9. The summed E-state index contributed by atoms with van der Waals surface area (Å²) in [4.78, 5) is 2.42. The van der Waals surface area contributed by atoms with Crippen molar-refractivity contribution in [2.24, 2.45) is 0 Å². The van der Waals surface area contributed by atoms with Crippen LogP contribution >= 0.6 is 0 Å². The van der Waals surface area contributed by atoms with Gasteiger partial charge < -0.3 is 15.2 Å². The van der Waals surface area contributed by atoms with Gasteiger partial charge in [0.05, 0.1) is 7.11 Å². The van der Waals surface area contributed by atoms with Crippen molar-refractivity contribution in [3.8, 4) is 11.5 Å². The van der Waals surface area contributed by atoms with Crippen LogP contribution < -0.4 is 10.1 Å². The third-order valence-corrected chi connectivity index (χ3v) is 3.87. The molecular weight excluding hydrogens is 240 g/mol. The van der Waals surface area contributed by atoms with Gasteiger partial charge in [0.15, 0.2) is 11.5 Å². The standard InChI is InChI=1S/C15H24N2O2/c1-3-17(13-7-5-9-16-10-13)11-12-6-4-8-14(19-2)15(12)18/h4,6,8,13,16,18H,3,5,7,9-11H2,1-2H3. The molecule has 0 bridgehead atoms. The number of nitrogens with one attached hydrogen (secondary N) is 1. The van der Waals surface area contributed by atoms with E-state index < -0.39 is 0 Å². The van der Waals surface area contributed by atoms with E-state index in [2.05, 4.69) is 17.1 Å². The Hall–Kier alpha value is -1.26. The number of likely N-dealkylation sites (N-methyl/N-ethyl adjacent to an activating group) is 1. The number of rotatable bonds is 5. The van der Waals surface area contributed by atoms with Crippen molar-refractivity contribution in [3.63, 3.8) is 0 Å². The fourth-order valence-corrected chi connectivity index (χ4v) is 2.72. The van der Waals surface area contributed by atoms with Crippen molar-refractivity contribution in [2.45, 2.75) is 32.4 Å². The van der Waals surface area contributed by atoms with E-state index in [1.54, 1.807) is 13.2 Å². The summed E-state index contributed by atoms with van der Waals surface area (Å²) in [6.07, 6.45) is 2.46. The van der Waals surface area contributed by atoms with Crippen LogP contribution in [0.2, 0.25) is 0 Å². The Morgan fingerprint density at radius 3 is 2.95 bits per heavy atom. The molecule has 0 aliphatic carbocycles. The van der Waals surface area contributed by atoms with Gasteiger partial charge in [-0.15, -0.1) is 0 Å². The summed E-state index contributed by atoms with van der Waals surface area (Å²) in [6.45, 7) is 6.09. The first kappa shape index (κ1) is 14.2. The molecule has 0 aromatic heterocycles. The maximum absolute atomic E-state index is 10.2. The first-order chi connectivity index (χ1) is 9.26. The molecule has 1 fully saturated rings. The van der Waals surface area contributed by atoms with E-state index in [9.17, 15) is 5.11 Å². The molecule has 0 saturated carbocycles. The minimum atomic E-state index is 0.271. The molecule has 4 nitrogen and oxygen atoms in total. The van der Waals surface area contributed by atoms with E-state index in [0.29, 0.717) is 11.8 Å². The predicted octanol–water partition coefficient (Wildman–Crippen LogP) is 1.97. The molecule has 0 radical (unpaired) electrons. The van der Waals surface area contributed by atoms with Crippen LogP contribution in [0.5, 0.6) is 11.5 Å². The van der Waals surface area contributed by atoms with Crippen molar-refractivity contribution >= 4 is 0 Å². The summed E-state index contributed by atoms with van der Waals surface area (Å²) in [6, 6.07) is 6.25. The van der Waals surface area contributed by atoms with Gasteiger partial charge in [-0.2, -0.15) is 0 Å². The summed E-state index contributed by atoms with van der Waals surface area (Å²) in [5.41, 5.74) is 0.937. The molecule has 1 aliphatic rings. The van der Waals surface area contributed by atoms with E-state index in [4.69, 9.17) is 4.74 Å². The summed E-state index contributed by atoms with van der Waals surface area (Å²) >= 11 is 0. The molecule has 1 atom stereocenters. The SMILES string of the molecule is CCN(Cc1cccc(OC)c1O)C1CCCNC1. The van der Waals surface area contributed by atoms with Gasteiger partial charge in [-0.05, 0) is 32.0 Å². The van der Waals surface area contributed by atoms with Gasteiger partial charge in [0.2, 0.25) is 0 Å². The molecule has 1 heterocycles. The lowest BCUT2D eigenvalue weighted by Crippen LogP contribution is -2.45. The third kappa shape index (κ3) is 3.39. The highest BCUT2D eigenvalue weighted by atomic mass is 16.5. The van der Waals surface area contributed by atoms with Gasteiger partial charge in [0.25, 0.3) is 0 Å². The molecule has 2 rings (SSSR count). The normalized spacial score (nSPS) is 19.6. The van der Waals surface area contributed by atoms with E-state index in [0.717, 1.165) is 31.7 Å². The van der Waals surface area contributed by atoms with Crippen LogP contribution in [0, 0.1) is 0 Å². The Kier molecular flexibility index (Phi) is 5.05. The van der Waals surface area contributed by atoms with Crippen molar-refractivity contribution < 1.29 is 9.84 Å². The summed E-state index contributed by atoms with van der Waals surface area (Å²) in [7, 11) is 1.58. The van der Waals surface area contributed by atoms with E-state index in [-0.39, 0.29) is 5.75 Å².